The fourth-order valence-corrected chi connectivity index (χ4v) is 2.08. The van der Waals surface area contributed by atoms with Gasteiger partial charge in [-0.3, -0.25) is 0 Å². The van der Waals surface area contributed by atoms with E-state index in [0.29, 0.717) is 6.54 Å². The fourth-order valence-electron chi connectivity index (χ4n) is 2.08. The van der Waals surface area contributed by atoms with Gasteiger partial charge in [0.25, 0.3) is 0 Å². The molecule has 0 saturated heterocycles. The van der Waals surface area contributed by atoms with Crippen LogP contribution in [0, 0.1) is 0 Å². The van der Waals surface area contributed by atoms with Crippen molar-refractivity contribution >= 4 is 0 Å². The van der Waals surface area contributed by atoms with Gasteiger partial charge in [0.05, 0.1) is 12.7 Å². The highest BCUT2D eigenvalue weighted by atomic mass is 16.5. The van der Waals surface area contributed by atoms with E-state index in [1.807, 2.05) is 32.0 Å². The van der Waals surface area contributed by atoms with Crippen LogP contribution >= 0.6 is 0 Å². The highest BCUT2D eigenvalue weighted by molar-refractivity contribution is 5.33. The molecular weight excluding hydrogens is 238 g/mol. The smallest absolute Gasteiger partial charge is 0.124 e. The Hall–Kier alpha value is -1.06. The molecule has 0 aliphatic heterocycles. The van der Waals surface area contributed by atoms with Crippen molar-refractivity contribution in [2.24, 2.45) is 0 Å². The summed E-state index contributed by atoms with van der Waals surface area (Å²) in [7, 11) is 0. The molecule has 0 bridgehead atoms. The molecule has 0 saturated carbocycles. The Morgan fingerprint density at radius 3 is 2.37 bits per heavy atom. The van der Waals surface area contributed by atoms with E-state index in [1.54, 1.807) is 0 Å². The third-order valence-electron chi connectivity index (χ3n) is 3.65. The predicted molar refractivity (Wildman–Crippen MR) is 79.4 cm³/mol. The minimum atomic E-state index is -0.190. The normalized spacial score (nSPS) is 11.9. The summed E-state index contributed by atoms with van der Waals surface area (Å²) in [5, 5.41) is 13.1. The van der Waals surface area contributed by atoms with E-state index in [1.165, 1.54) is 0 Å². The summed E-state index contributed by atoms with van der Waals surface area (Å²) in [6.07, 6.45) is 1.99. The molecule has 0 aliphatic rings. The van der Waals surface area contributed by atoms with Gasteiger partial charge in [0.2, 0.25) is 0 Å². The summed E-state index contributed by atoms with van der Waals surface area (Å²) in [5.74, 6) is 0.920. The molecule has 108 valence electrons. The van der Waals surface area contributed by atoms with Crippen LogP contribution in [0.3, 0.4) is 0 Å². The van der Waals surface area contributed by atoms with Crippen LogP contribution in [0.1, 0.15) is 46.1 Å². The van der Waals surface area contributed by atoms with E-state index in [4.69, 9.17) is 4.74 Å². The van der Waals surface area contributed by atoms with Crippen molar-refractivity contribution in [3.8, 4) is 5.75 Å². The Kier molecular flexibility index (Phi) is 6.32. The minimum absolute atomic E-state index is 0.160. The van der Waals surface area contributed by atoms with Crippen LogP contribution in [0.5, 0.6) is 5.75 Å². The van der Waals surface area contributed by atoms with E-state index < -0.39 is 0 Å². The quantitative estimate of drug-likeness (QED) is 0.759. The van der Waals surface area contributed by atoms with Crippen molar-refractivity contribution in [1.29, 1.82) is 0 Å². The first-order chi connectivity index (χ1) is 9.06. The third-order valence-corrected chi connectivity index (χ3v) is 3.65. The van der Waals surface area contributed by atoms with Gasteiger partial charge in [-0.05, 0) is 32.8 Å². The Morgan fingerprint density at radius 1 is 1.21 bits per heavy atom. The maximum absolute atomic E-state index is 9.58. The molecule has 0 fully saturated rings. The zero-order valence-corrected chi connectivity index (χ0v) is 12.6. The number of nitrogens with one attached hydrogen (secondary N) is 1. The first-order valence-electron chi connectivity index (χ1n) is 7.17. The summed E-state index contributed by atoms with van der Waals surface area (Å²) < 4.78 is 5.81. The van der Waals surface area contributed by atoms with E-state index in [-0.39, 0.29) is 18.2 Å². The minimum Gasteiger partial charge on any atom is -0.491 e. The first-order valence-corrected chi connectivity index (χ1v) is 7.17. The number of hydrogen-bond donors (Lipinski definition) is 2. The molecule has 0 aliphatic carbocycles. The predicted octanol–water partition coefficient (Wildman–Crippen LogP) is 3.11. The summed E-state index contributed by atoms with van der Waals surface area (Å²) in [4.78, 5) is 0. The van der Waals surface area contributed by atoms with Crippen LogP contribution in [0.25, 0.3) is 0 Å². The first kappa shape index (κ1) is 16.0. The molecule has 19 heavy (non-hydrogen) atoms. The zero-order chi connectivity index (χ0) is 14.3. The molecule has 2 N–H and O–H groups in total. The van der Waals surface area contributed by atoms with Crippen LogP contribution in [0.4, 0.5) is 0 Å². The molecule has 3 nitrogen and oxygen atoms in total. The van der Waals surface area contributed by atoms with Gasteiger partial charge in [0, 0.05) is 17.6 Å². The zero-order valence-electron chi connectivity index (χ0n) is 12.6. The summed E-state index contributed by atoms with van der Waals surface area (Å²) >= 11 is 0. The Morgan fingerprint density at radius 2 is 1.84 bits per heavy atom. The fraction of sp³-hybridized carbons (Fsp3) is 0.625. The lowest BCUT2D eigenvalue weighted by Crippen LogP contribution is -2.47. The maximum Gasteiger partial charge on any atom is 0.124 e. The molecule has 0 unspecified atom stereocenters. The lowest BCUT2D eigenvalue weighted by molar-refractivity contribution is 0.148. The topological polar surface area (TPSA) is 41.5 Å². The Bertz CT molecular complexity index is 365. The average Bonchev–Trinajstić information content (AvgIpc) is 2.42. The number of rotatable bonds is 8. The second kappa shape index (κ2) is 7.51. The van der Waals surface area contributed by atoms with Gasteiger partial charge >= 0.3 is 0 Å². The Labute approximate surface area is 117 Å². The van der Waals surface area contributed by atoms with Crippen molar-refractivity contribution in [1.82, 2.24) is 5.32 Å². The van der Waals surface area contributed by atoms with Crippen LogP contribution < -0.4 is 10.1 Å². The molecular formula is C16H27NO2. The number of benzene rings is 1. The molecule has 0 atom stereocenters. The highest BCUT2D eigenvalue weighted by Crippen LogP contribution is 2.21. The molecule has 0 heterocycles. The SMILES string of the molecule is CCC(CC)(CO)NCc1ccccc1OC(C)C. The number of hydrogen-bond acceptors (Lipinski definition) is 3. The molecule has 3 heteroatoms. The molecule has 0 aromatic heterocycles. The van der Waals surface area contributed by atoms with Gasteiger partial charge in [-0.2, -0.15) is 0 Å². The van der Waals surface area contributed by atoms with E-state index in [0.717, 1.165) is 24.2 Å². The second-order valence-electron chi connectivity index (χ2n) is 5.27. The van der Waals surface area contributed by atoms with Gasteiger partial charge in [-0.15, -0.1) is 0 Å². The molecule has 1 rings (SSSR count). The Balaban J connectivity index is 2.76. The molecule has 0 spiro atoms. The largest absolute Gasteiger partial charge is 0.491 e. The lowest BCUT2D eigenvalue weighted by Gasteiger charge is -2.31. The van der Waals surface area contributed by atoms with Gasteiger partial charge in [-0.25, -0.2) is 0 Å². The van der Waals surface area contributed by atoms with Crippen molar-refractivity contribution in [2.75, 3.05) is 6.61 Å². The van der Waals surface area contributed by atoms with Crippen LogP contribution in [0.15, 0.2) is 24.3 Å². The molecule has 1 aromatic carbocycles. The van der Waals surface area contributed by atoms with Crippen molar-refractivity contribution in [2.45, 2.75) is 58.7 Å². The van der Waals surface area contributed by atoms with E-state index in [9.17, 15) is 5.11 Å². The van der Waals surface area contributed by atoms with Crippen molar-refractivity contribution < 1.29 is 9.84 Å². The van der Waals surface area contributed by atoms with Gasteiger partial charge in [0.15, 0.2) is 0 Å². The highest BCUT2D eigenvalue weighted by Gasteiger charge is 2.24. The monoisotopic (exact) mass is 265 g/mol. The maximum atomic E-state index is 9.58. The van der Waals surface area contributed by atoms with Crippen LogP contribution in [-0.4, -0.2) is 23.4 Å². The lowest BCUT2D eigenvalue weighted by atomic mass is 9.93. The summed E-state index contributed by atoms with van der Waals surface area (Å²) in [6, 6.07) is 8.07. The van der Waals surface area contributed by atoms with E-state index in [2.05, 4.69) is 25.2 Å². The standard InChI is InChI=1S/C16H27NO2/c1-5-16(6-2,12-18)17-11-14-9-7-8-10-15(14)19-13(3)4/h7-10,13,17-18H,5-6,11-12H2,1-4H3. The number of aliphatic hydroxyl groups excluding tert-OH is 1. The third kappa shape index (κ3) is 4.51. The number of ether oxygens (including phenoxy) is 1. The number of para-hydroxylation sites is 1. The molecule has 0 radical (unpaired) electrons. The van der Waals surface area contributed by atoms with Crippen LogP contribution in [0.2, 0.25) is 0 Å². The average molecular weight is 265 g/mol. The van der Waals surface area contributed by atoms with Crippen molar-refractivity contribution in [3.63, 3.8) is 0 Å². The van der Waals surface area contributed by atoms with Gasteiger partial charge < -0.3 is 15.2 Å². The summed E-state index contributed by atoms with van der Waals surface area (Å²) in [5.41, 5.74) is 0.946. The second-order valence-corrected chi connectivity index (χ2v) is 5.27. The van der Waals surface area contributed by atoms with Crippen molar-refractivity contribution in [3.05, 3.63) is 29.8 Å². The number of aliphatic hydroxyl groups is 1. The van der Waals surface area contributed by atoms with Crippen LogP contribution in [-0.2, 0) is 6.54 Å². The van der Waals surface area contributed by atoms with E-state index >= 15 is 0 Å². The summed E-state index contributed by atoms with van der Waals surface area (Å²) in [6.45, 7) is 9.13. The van der Waals surface area contributed by atoms with Gasteiger partial charge in [0.1, 0.15) is 5.75 Å². The molecule has 0 amide bonds. The molecule has 1 aromatic rings. The van der Waals surface area contributed by atoms with Gasteiger partial charge in [-0.1, -0.05) is 32.0 Å².